The Bertz CT molecular complexity index is 398. The van der Waals surface area contributed by atoms with E-state index in [0.717, 1.165) is 0 Å². The minimum absolute atomic E-state index is 0.0243. The molecule has 0 fully saturated rings. The van der Waals surface area contributed by atoms with Crippen LogP contribution in [-0.4, -0.2) is 10.3 Å². The highest BCUT2D eigenvalue weighted by molar-refractivity contribution is 5.85. The van der Waals surface area contributed by atoms with Crippen LogP contribution in [0.2, 0.25) is 0 Å². The fourth-order valence-electron chi connectivity index (χ4n) is 0.847. The molecule has 0 saturated heterocycles. The number of hydrogen-bond donors (Lipinski definition) is 1. The summed E-state index contributed by atoms with van der Waals surface area (Å²) in [5.74, 6) is -0.506. The van der Waals surface area contributed by atoms with Crippen LogP contribution in [0.5, 0.6) is 0 Å². The van der Waals surface area contributed by atoms with Crippen LogP contribution in [0.15, 0.2) is 16.8 Å². The SMILES string of the molecule is Nc1c(F)ccc2nonc12. The molecule has 4 nitrogen and oxygen atoms in total. The van der Waals surface area contributed by atoms with Gasteiger partial charge < -0.3 is 5.73 Å². The van der Waals surface area contributed by atoms with E-state index in [4.69, 9.17) is 5.73 Å². The molecular formula is C6H4FN3O. The van der Waals surface area contributed by atoms with Gasteiger partial charge in [-0.05, 0) is 22.4 Å². The lowest BCUT2D eigenvalue weighted by molar-refractivity contribution is 0.315. The summed E-state index contributed by atoms with van der Waals surface area (Å²) in [5.41, 5.74) is 6.03. The third-order valence-electron chi connectivity index (χ3n) is 1.41. The average Bonchev–Trinajstić information content (AvgIpc) is 2.45. The molecule has 0 unspecified atom stereocenters. The van der Waals surface area contributed by atoms with E-state index in [2.05, 4.69) is 14.9 Å². The molecule has 5 heteroatoms. The second kappa shape index (κ2) is 1.91. The van der Waals surface area contributed by atoms with E-state index in [1.807, 2.05) is 0 Å². The highest BCUT2D eigenvalue weighted by atomic mass is 19.1. The third-order valence-corrected chi connectivity index (χ3v) is 1.41. The fraction of sp³-hybridized carbons (Fsp3) is 0. The largest absolute Gasteiger partial charge is 0.394 e. The number of fused-ring (bicyclic) bond motifs is 1. The molecule has 11 heavy (non-hydrogen) atoms. The second-order valence-corrected chi connectivity index (χ2v) is 2.09. The van der Waals surface area contributed by atoms with Crippen molar-refractivity contribution in [1.29, 1.82) is 0 Å². The number of nitrogens with zero attached hydrogens (tertiary/aromatic N) is 2. The van der Waals surface area contributed by atoms with Gasteiger partial charge in [-0.15, -0.1) is 0 Å². The zero-order valence-corrected chi connectivity index (χ0v) is 5.41. The molecule has 56 valence electrons. The summed E-state index contributed by atoms with van der Waals surface area (Å²) >= 11 is 0. The molecule has 0 aliphatic rings. The van der Waals surface area contributed by atoms with Crippen LogP contribution in [0.25, 0.3) is 11.0 Å². The molecule has 0 spiro atoms. The van der Waals surface area contributed by atoms with E-state index in [0.29, 0.717) is 5.52 Å². The quantitative estimate of drug-likeness (QED) is 0.572. The zero-order chi connectivity index (χ0) is 7.84. The molecule has 0 radical (unpaired) electrons. The number of nitrogens with two attached hydrogens (primary N) is 1. The molecule has 0 atom stereocenters. The topological polar surface area (TPSA) is 64.9 Å². The lowest BCUT2D eigenvalue weighted by Crippen LogP contribution is -1.90. The van der Waals surface area contributed by atoms with Gasteiger partial charge >= 0.3 is 0 Å². The van der Waals surface area contributed by atoms with Crippen molar-refractivity contribution >= 4 is 16.7 Å². The molecule has 0 bridgehead atoms. The highest BCUT2D eigenvalue weighted by Gasteiger charge is 2.07. The van der Waals surface area contributed by atoms with Gasteiger partial charge in [-0.1, -0.05) is 0 Å². The lowest BCUT2D eigenvalue weighted by Gasteiger charge is -1.92. The molecule has 0 saturated carbocycles. The zero-order valence-electron chi connectivity index (χ0n) is 5.41. The number of aromatic nitrogens is 2. The number of halogens is 1. The lowest BCUT2D eigenvalue weighted by atomic mass is 10.2. The molecular weight excluding hydrogens is 149 g/mol. The van der Waals surface area contributed by atoms with Crippen LogP contribution in [0.3, 0.4) is 0 Å². The minimum Gasteiger partial charge on any atom is -0.394 e. The van der Waals surface area contributed by atoms with Crippen molar-refractivity contribution in [2.75, 3.05) is 5.73 Å². The Labute approximate surface area is 60.8 Å². The summed E-state index contributed by atoms with van der Waals surface area (Å²) < 4.78 is 17.0. The Morgan fingerprint density at radius 3 is 3.00 bits per heavy atom. The highest BCUT2D eigenvalue weighted by Crippen LogP contribution is 2.19. The van der Waals surface area contributed by atoms with Gasteiger partial charge in [0.1, 0.15) is 11.3 Å². The Hall–Kier alpha value is -1.65. The Morgan fingerprint density at radius 2 is 2.18 bits per heavy atom. The third kappa shape index (κ3) is 0.739. The van der Waals surface area contributed by atoms with Crippen molar-refractivity contribution in [2.45, 2.75) is 0 Å². The predicted molar refractivity (Wildman–Crippen MR) is 36.2 cm³/mol. The predicted octanol–water partition coefficient (Wildman–Crippen LogP) is 0.944. The van der Waals surface area contributed by atoms with Crippen molar-refractivity contribution in [3.05, 3.63) is 17.9 Å². The molecule has 1 aromatic heterocycles. The van der Waals surface area contributed by atoms with E-state index in [-0.39, 0.29) is 11.2 Å². The van der Waals surface area contributed by atoms with E-state index in [1.165, 1.54) is 12.1 Å². The first kappa shape index (κ1) is 6.09. The maximum atomic E-state index is 12.7. The van der Waals surface area contributed by atoms with E-state index < -0.39 is 5.82 Å². The number of rotatable bonds is 0. The Morgan fingerprint density at radius 1 is 1.36 bits per heavy atom. The molecule has 1 heterocycles. The number of anilines is 1. The van der Waals surface area contributed by atoms with Gasteiger partial charge in [0.05, 0.1) is 5.69 Å². The Kier molecular flexibility index (Phi) is 1.06. The average molecular weight is 153 g/mol. The van der Waals surface area contributed by atoms with Crippen LogP contribution >= 0.6 is 0 Å². The van der Waals surface area contributed by atoms with Gasteiger partial charge in [-0.3, -0.25) is 0 Å². The van der Waals surface area contributed by atoms with Gasteiger partial charge in [0, 0.05) is 0 Å². The van der Waals surface area contributed by atoms with Crippen molar-refractivity contribution in [3.8, 4) is 0 Å². The molecule has 0 aliphatic carbocycles. The first-order valence-corrected chi connectivity index (χ1v) is 2.95. The summed E-state index contributed by atoms with van der Waals surface area (Å²) in [4.78, 5) is 0. The molecule has 0 amide bonds. The van der Waals surface area contributed by atoms with Crippen LogP contribution in [0, 0.1) is 5.82 Å². The summed E-state index contributed by atoms with van der Waals surface area (Å²) in [6, 6.07) is 2.68. The Balaban J connectivity index is 2.93. The van der Waals surface area contributed by atoms with Crippen molar-refractivity contribution < 1.29 is 9.02 Å². The fourth-order valence-corrected chi connectivity index (χ4v) is 0.847. The van der Waals surface area contributed by atoms with E-state index in [9.17, 15) is 4.39 Å². The number of nitrogen functional groups attached to an aromatic ring is 1. The molecule has 2 aromatic rings. The summed E-state index contributed by atoms with van der Waals surface area (Å²) in [6.07, 6.45) is 0. The summed E-state index contributed by atoms with van der Waals surface area (Å²) in [6.45, 7) is 0. The molecule has 1 aromatic carbocycles. The van der Waals surface area contributed by atoms with Crippen molar-refractivity contribution in [1.82, 2.24) is 10.3 Å². The number of benzene rings is 1. The van der Waals surface area contributed by atoms with Crippen LogP contribution < -0.4 is 5.73 Å². The normalized spacial score (nSPS) is 10.6. The minimum atomic E-state index is -0.506. The summed E-state index contributed by atoms with van der Waals surface area (Å²) in [5, 5.41) is 6.92. The van der Waals surface area contributed by atoms with Gasteiger partial charge in [-0.2, -0.15) is 0 Å². The van der Waals surface area contributed by atoms with Gasteiger partial charge in [-0.25, -0.2) is 9.02 Å². The van der Waals surface area contributed by atoms with Crippen LogP contribution in [0.4, 0.5) is 10.1 Å². The molecule has 2 rings (SSSR count). The van der Waals surface area contributed by atoms with E-state index >= 15 is 0 Å². The van der Waals surface area contributed by atoms with E-state index in [1.54, 1.807) is 0 Å². The van der Waals surface area contributed by atoms with Crippen molar-refractivity contribution in [2.24, 2.45) is 0 Å². The number of hydrogen-bond acceptors (Lipinski definition) is 4. The molecule has 0 aliphatic heterocycles. The standard InChI is InChI=1S/C6H4FN3O/c7-3-1-2-4-6(5(3)8)10-11-9-4/h1-2H,8H2. The van der Waals surface area contributed by atoms with Crippen LogP contribution in [0.1, 0.15) is 0 Å². The van der Waals surface area contributed by atoms with Crippen LogP contribution in [-0.2, 0) is 0 Å². The smallest absolute Gasteiger partial charge is 0.161 e. The first-order chi connectivity index (χ1) is 5.29. The molecule has 2 N–H and O–H groups in total. The first-order valence-electron chi connectivity index (χ1n) is 2.95. The van der Waals surface area contributed by atoms with Gasteiger partial charge in [0.15, 0.2) is 5.52 Å². The van der Waals surface area contributed by atoms with Gasteiger partial charge in [0.25, 0.3) is 0 Å². The van der Waals surface area contributed by atoms with Crippen molar-refractivity contribution in [3.63, 3.8) is 0 Å². The maximum Gasteiger partial charge on any atom is 0.161 e. The monoisotopic (exact) mass is 153 g/mol. The second-order valence-electron chi connectivity index (χ2n) is 2.09. The maximum absolute atomic E-state index is 12.7. The summed E-state index contributed by atoms with van der Waals surface area (Å²) in [7, 11) is 0. The van der Waals surface area contributed by atoms with Gasteiger partial charge in [0.2, 0.25) is 0 Å².